The van der Waals surface area contributed by atoms with Gasteiger partial charge in [0.25, 0.3) is 0 Å². The number of phenolic OH excluding ortho intramolecular Hbond substituents is 1. The molecule has 0 spiro atoms. The number of hydrogen-bond donors (Lipinski definition) is 2. The zero-order valence-corrected chi connectivity index (χ0v) is 10.9. The Hall–Kier alpha value is -1.62. The van der Waals surface area contributed by atoms with Gasteiger partial charge in [-0.1, -0.05) is 6.92 Å². The van der Waals surface area contributed by atoms with Gasteiger partial charge in [-0.15, -0.1) is 0 Å². The standard InChI is InChI=1S/C14H18FNO3/c1-2-14(13(18)19)5-6-16(9-14)8-10-7-11(15)3-4-12(10)17/h3-4,7,17H,2,5-6,8-9H2,1H3,(H,18,19). The van der Waals surface area contributed by atoms with Gasteiger partial charge in [0, 0.05) is 18.7 Å². The summed E-state index contributed by atoms with van der Waals surface area (Å²) in [4.78, 5) is 13.3. The van der Waals surface area contributed by atoms with Gasteiger partial charge in [0.2, 0.25) is 0 Å². The predicted octanol–water partition coefficient (Wildman–Crippen LogP) is 2.22. The van der Waals surface area contributed by atoms with Gasteiger partial charge in [-0.3, -0.25) is 9.69 Å². The van der Waals surface area contributed by atoms with Gasteiger partial charge in [0.1, 0.15) is 11.6 Å². The number of aromatic hydroxyl groups is 1. The number of halogens is 1. The van der Waals surface area contributed by atoms with E-state index in [1.54, 1.807) is 0 Å². The Labute approximate surface area is 111 Å². The summed E-state index contributed by atoms with van der Waals surface area (Å²) in [7, 11) is 0. The van der Waals surface area contributed by atoms with Crippen molar-refractivity contribution in [3.63, 3.8) is 0 Å². The van der Waals surface area contributed by atoms with Crippen LogP contribution in [-0.2, 0) is 11.3 Å². The lowest BCUT2D eigenvalue weighted by Gasteiger charge is -2.23. The largest absolute Gasteiger partial charge is 0.508 e. The van der Waals surface area contributed by atoms with Crippen LogP contribution in [0.3, 0.4) is 0 Å². The van der Waals surface area contributed by atoms with Crippen LogP contribution in [0.5, 0.6) is 5.75 Å². The molecule has 1 saturated heterocycles. The third-order valence-corrected chi connectivity index (χ3v) is 4.00. The van der Waals surface area contributed by atoms with Crippen LogP contribution >= 0.6 is 0 Å². The number of carbonyl (C=O) groups is 1. The lowest BCUT2D eigenvalue weighted by molar-refractivity contribution is -0.148. The van der Waals surface area contributed by atoms with Crippen LogP contribution in [-0.4, -0.2) is 34.2 Å². The number of nitrogens with zero attached hydrogens (tertiary/aromatic N) is 1. The summed E-state index contributed by atoms with van der Waals surface area (Å²) in [6.07, 6.45) is 1.17. The number of hydrogen-bond acceptors (Lipinski definition) is 3. The van der Waals surface area contributed by atoms with Gasteiger partial charge in [-0.25, -0.2) is 4.39 Å². The predicted molar refractivity (Wildman–Crippen MR) is 68.3 cm³/mol. The molecular weight excluding hydrogens is 249 g/mol. The van der Waals surface area contributed by atoms with Gasteiger partial charge in [-0.2, -0.15) is 0 Å². The lowest BCUT2D eigenvalue weighted by Crippen LogP contribution is -2.33. The molecule has 1 aromatic carbocycles. The van der Waals surface area contributed by atoms with Crippen LogP contribution in [0.4, 0.5) is 4.39 Å². The van der Waals surface area contributed by atoms with Crippen LogP contribution in [0.1, 0.15) is 25.3 Å². The molecule has 0 radical (unpaired) electrons. The SMILES string of the molecule is CCC1(C(=O)O)CCN(Cc2cc(F)ccc2O)C1. The molecule has 0 saturated carbocycles. The Morgan fingerprint density at radius 3 is 2.84 bits per heavy atom. The van der Waals surface area contributed by atoms with E-state index in [2.05, 4.69) is 0 Å². The first-order valence-corrected chi connectivity index (χ1v) is 6.40. The van der Waals surface area contributed by atoms with Crippen molar-refractivity contribution in [2.24, 2.45) is 5.41 Å². The molecule has 2 rings (SSSR count). The second-order valence-electron chi connectivity index (χ2n) is 5.17. The van der Waals surface area contributed by atoms with Crippen LogP contribution in [0.25, 0.3) is 0 Å². The topological polar surface area (TPSA) is 60.8 Å². The maximum atomic E-state index is 13.1. The summed E-state index contributed by atoms with van der Waals surface area (Å²) < 4.78 is 13.1. The van der Waals surface area contributed by atoms with Crippen molar-refractivity contribution in [2.45, 2.75) is 26.3 Å². The third kappa shape index (κ3) is 2.71. The van der Waals surface area contributed by atoms with E-state index in [-0.39, 0.29) is 5.75 Å². The van der Waals surface area contributed by atoms with Crippen molar-refractivity contribution in [3.05, 3.63) is 29.6 Å². The first-order chi connectivity index (χ1) is 8.97. The first kappa shape index (κ1) is 13.8. The fraction of sp³-hybridized carbons (Fsp3) is 0.500. The molecule has 1 aromatic rings. The minimum atomic E-state index is -0.777. The number of phenols is 1. The van der Waals surface area contributed by atoms with Crippen molar-refractivity contribution in [3.8, 4) is 5.75 Å². The summed E-state index contributed by atoms with van der Waals surface area (Å²) >= 11 is 0. The summed E-state index contributed by atoms with van der Waals surface area (Å²) in [6.45, 7) is 3.33. The molecule has 0 amide bonds. The average Bonchev–Trinajstić information content (AvgIpc) is 2.79. The first-order valence-electron chi connectivity index (χ1n) is 6.40. The summed E-state index contributed by atoms with van der Waals surface area (Å²) in [6, 6.07) is 3.82. The Kier molecular flexibility index (Phi) is 3.75. The Morgan fingerprint density at radius 1 is 1.53 bits per heavy atom. The van der Waals surface area contributed by atoms with E-state index in [0.717, 1.165) is 0 Å². The summed E-state index contributed by atoms with van der Waals surface area (Å²) in [5.74, 6) is -1.13. The highest BCUT2D eigenvalue weighted by Crippen LogP contribution is 2.35. The van der Waals surface area contributed by atoms with E-state index < -0.39 is 17.2 Å². The highest BCUT2D eigenvalue weighted by molar-refractivity contribution is 5.75. The molecular formula is C14H18FNO3. The number of aliphatic carboxylic acids is 1. The van der Waals surface area contributed by atoms with Crippen LogP contribution in [0.15, 0.2) is 18.2 Å². The highest BCUT2D eigenvalue weighted by atomic mass is 19.1. The van der Waals surface area contributed by atoms with Crippen molar-refractivity contribution >= 4 is 5.97 Å². The number of benzene rings is 1. The summed E-state index contributed by atoms with van der Waals surface area (Å²) in [5.41, 5.74) is -0.208. The van der Waals surface area contributed by atoms with Crippen LogP contribution < -0.4 is 0 Å². The fourth-order valence-electron chi connectivity index (χ4n) is 2.63. The molecule has 1 aliphatic rings. The van der Waals surface area contributed by atoms with Crippen molar-refractivity contribution in [1.29, 1.82) is 0 Å². The zero-order chi connectivity index (χ0) is 14.0. The molecule has 2 N–H and O–H groups in total. The smallest absolute Gasteiger partial charge is 0.310 e. The average molecular weight is 267 g/mol. The van der Waals surface area contributed by atoms with E-state index in [1.807, 2.05) is 11.8 Å². The lowest BCUT2D eigenvalue weighted by atomic mass is 9.84. The van der Waals surface area contributed by atoms with Crippen LogP contribution in [0.2, 0.25) is 0 Å². The second kappa shape index (κ2) is 5.17. The molecule has 1 unspecified atom stereocenters. The van der Waals surface area contributed by atoms with E-state index in [1.165, 1.54) is 18.2 Å². The van der Waals surface area contributed by atoms with Gasteiger partial charge in [-0.05, 0) is 37.6 Å². The molecule has 0 aliphatic carbocycles. The van der Waals surface area contributed by atoms with E-state index in [9.17, 15) is 19.4 Å². The molecule has 0 aromatic heterocycles. The van der Waals surface area contributed by atoms with Gasteiger partial charge >= 0.3 is 5.97 Å². The Bertz CT molecular complexity index is 492. The number of carboxylic acid groups (broad SMARTS) is 1. The summed E-state index contributed by atoms with van der Waals surface area (Å²) in [5, 5.41) is 19.0. The monoisotopic (exact) mass is 267 g/mol. The number of rotatable bonds is 4. The Balaban J connectivity index is 2.10. The fourth-order valence-corrected chi connectivity index (χ4v) is 2.63. The number of likely N-dealkylation sites (tertiary alicyclic amines) is 1. The molecule has 4 nitrogen and oxygen atoms in total. The van der Waals surface area contributed by atoms with E-state index in [4.69, 9.17) is 0 Å². The van der Waals surface area contributed by atoms with Gasteiger partial charge < -0.3 is 10.2 Å². The van der Waals surface area contributed by atoms with E-state index in [0.29, 0.717) is 38.0 Å². The Morgan fingerprint density at radius 2 is 2.26 bits per heavy atom. The zero-order valence-electron chi connectivity index (χ0n) is 10.9. The number of carboxylic acids is 1. The molecule has 104 valence electrons. The molecule has 5 heteroatoms. The molecule has 1 heterocycles. The second-order valence-corrected chi connectivity index (χ2v) is 5.17. The van der Waals surface area contributed by atoms with Gasteiger partial charge in [0.05, 0.1) is 5.41 Å². The molecule has 1 atom stereocenters. The van der Waals surface area contributed by atoms with Crippen molar-refractivity contribution in [1.82, 2.24) is 4.90 Å². The molecule has 1 aliphatic heterocycles. The van der Waals surface area contributed by atoms with Crippen molar-refractivity contribution < 1.29 is 19.4 Å². The van der Waals surface area contributed by atoms with Gasteiger partial charge in [0.15, 0.2) is 0 Å². The molecule has 0 bridgehead atoms. The third-order valence-electron chi connectivity index (χ3n) is 4.00. The maximum absolute atomic E-state index is 13.1. The molecule has 1 fully saturated rings. The highest BCUT2D eigenvalue weighted by Gasteiger charge is 2.43. The minimum Gasteiger partial charge on any atom is -0.508 e. The van der Waals surface area contributed by atoms with Crippen LogP contribution in [0, 0.1) is 11.2 Å². The van der Waals surface area contributed by atoms with Crippen molar-refractivity contribution in [2.75, 3.05) is 13.1 Å². The minimum absolute atomic E-state index is 0.0470. The maximum Gasteiger partial charge on any atom is 0.310 e. The van der Waals surface area contributed by atoms with E-state index >= 15 is 0 Å². The quantitative estimate of drug-likeness (QED) is 0.878. The normalized spacial score (nSPS) is 23.7. The molecule has 19 heavy (non-hydrogen) atoms.